The molecule has 4 nitrogen and oxygen atoms in total. The van der Waals surface area contributed by atoms with Gasteiger partial charge in [0.1, 0.15) is 17.1 Å². The lowest BCUT2D eigenvalue weighted by molar-refractivity contribution is -0.116. The van der Waals surface area contributed by atoms with Gasteiger partial charge >= 0.3 is 5.63 Å². The van der Waals surface area contributed by atoms with E-state index in [1.807, 2.05) is 42.5 Å². The molecule has 0 saturated carbocycles. The van der Waals surface area contributed by atoms with Gasteiger partial charge in [0.2, 0.25) is 0 Å². The maximum absolute atomic E-state index is 13.0. The molecule has 0 spiro atoms. The van der Waals surface area contributed by atoms with Crippen LogP contribution in [-0.4, -0.2) is 5.78 Å². The molecule has 1 unspecified atom stereocenters. The van der Waals surface area contributed by atoms with E-state index in [-0.39, 0.29) is 5.78 Å². The largest absolute Gasteiger partial charge is 0.460 e. The molecule has 0 fully saturated rings. The van der Waals surface area contributed by atoms with E-state index in [1.165, 1.54) is 0 Å². The van der Waals surface area contributed by atoms with Crippen LogP contribution in [0.2, 0.25) is 0 Å². The Kier molecular flexibility index (Phi) is 3.79. The highest BCUT2D eigenvalue weighted by atomic mass is 79.9. The van der Waals surface area contributed by atoms with Crippen molar-refractivity contribution in [2.45, 2.75) is 25.2 Å². The second-order valence-corrected chi connectivity index (χ2v) is 7.65. The number of ether oxygens (including phenoxy) is 1. The Morgan fingerprint density at radius 3 is 2.59 bits per heavy atom. The van der Waals surface area contributed by atoms with E-state index < -0.39 is 11.5 Å². The number of fused-ring (bicyclic) bond motifs is 3. The molecule has 2 aromatic carbocycles. The molecule has 0 N–H and O–H groups in total. The number of allylic oxidation sites excluding steroid dienone is 2. The van der Waals surface area contributed by atoms with E-state index in [0.717, 1.165) is 21.8 Å². The first-order valence-corrected chi connectivity index (χ1v) is 9.68. The Labute approximate surface area is 163 Å². The van der Waals surface area contributed by atoms with Crippen molar-refractivity contribution in [1.29, 1.82) is 0 Å². The summed E-state index contributed by atoms with van der Waals surface area (Å²) < 4.78 is 12.6. The maximum Gasteiger partial charge on any atom is 0.344 e. The fourth-order valence-electron chi connectivity index (χ4n) is 4.04. The average Bonchev–Trinajstić information content (AvgIpc) is 2.67. The molecule has 5 heteroatoms. The molecule has 0 bridgehead atoms. The smallest absolute Gasteiger partial charge is 0.344 e. The van der Waals surface area contributed by atoms with Crippen molar-refractivity contribution < 1.29 is 13.9 Å². The molecule has 27 heavy (non-hydrogen) atoms. The van der Waals surface area contributed by atoms with Crippen LogP contribution in [-0.2, 0) is 4.79 Å². The van der Waals surface area contributed by atoms with E-state index in [4.69, 9.17) is 9.15 Å². The first kappa shape index (κ1) is 16.5. The summed E-state index contributed by atoms with van der Waals surface area (Å²) in [6.07, 6.45) is 1.92. The first-order chi connectivity index (χ1) is 13.1. The van der Waals surface area contributed by atoms with Gasteiger partial charge in [0.25, 0.3) is 0 Å². The number of ketones is 1. The Morgan fingerprint density at radius 1 is 0.963 bits per heavy atom. The predicted octanol–water partition coefficient (Wildman–Crippen LogP) is 5.09. The molecular weight excluding hydrogens is 408 g/mol. The van der Waals surface area contributed by atoms with E-state index >= 15 is 0 Å². The third-order valence-electron chi connectivity index (χ3n) is 5.23. The SMILES string of the molecule is O=C1CCCC2=C1C(c1ccccc1Br)c1c(c3ccccc3oc1=O)O2. The second kappa shape index (κ2) is 6.20. The lowest BCUT2D eigenvalue weighted by Gasteiger charge is -2.32. The zero-order chi connectivity index (χ0) is 18.5. The van der Waals surface area contributed by atoms with Crippen LogP contribution in [0.15, 0.2) is 73.5 Å². The van der Waals surface area contributed by atoms with Gasteiger partial charge < -0.3 is 9.15 Å². The summed E-state index contributed by atoms with van der Waals surface area (Å²) in [4.78, 5) is 25.8. The van der Waals surface area contributed by atoms with Gasteiger partial charge in [0.05, 0.1) is 16.9 Å². The Balaban J connectivity index is 1.89. The molecule has 2 aliphatic rings. The van der Waals surface area contributed by atoms with Gasteiger partial charge in [-0.25, -0.2) is 4.79 Å². The first-order valence-electron chi connectivity index (χ1n) is 8.89. The second-order valence-electron chi connectivity index (χ2n) is 6.80. The van der Waals surface area contributed by atoms with Crippen molar-refractivity contribution in [1.82, 2.24) is 0 Å². The molecule has 0 amide bonds. The van der Waals surface area contributed by atoms with Gasteiger partial charge in [-0.05, 0) is 30.2 Å². The highest BCUT2D eigenvalue weighted by Gasteiger charge is 2.40. The maximum atomic E-state index is 13.0. The van der Waals surface area contributed by atoms with Gasteiger partial charge in [-0.1, -0.05) is 46.3 Å². The van der Waals surface area contributed by atoms with Crippen LogP contribution in [0.1, 0.15) is 36.3 Å². The van der Waals surface area contributed by atoms with Gasteiger partial charge in [0, 0.05) is 22.9 Å². The average molecular weight is 423 g/mol. The monoisotopic (exact) mass is 422 g/mol. The molecule has 1 aliphatic carbocycles. The van der Waals surface area contributed by atoms with Crippen LogP contribution < -0.4 is 10.4 Å². The number of Topliss-reactive ketones (excluding diaryl/α,β-unsaturated/α-hetero) is 1. The normalized spacial score (nSPS) is 18.9. The molecule has 1 aromatic heterocycles. The van der Waals surface area contributed by atoms with Gasteiger partial charge in [-0.3, -0.25) is 4.79 Å². The Morgan fingerprint density at radius 2 is 1.74 bits per heavy atom. The minimum Gasteiger partial charge on any atom is -0.460 e. The third kappa shape index (κ3) is 2.49. The van der Waals surface area contributed by atoms with E-state index in [0.29, 0.717) is 41.1 Å². The van der Waals surface area contributed by atoms with Crippen molar-refractivity contribution in [3.8, 4) is 5.75 Å². The summed E-state index contributed by atoms with van der Waals surface area (Å²) in [5.41, 5.74) is 1.87. The molecule has 5 rings (SSSR count). The lowest BCUT2D eigenvalue weighted by atomic mass is 9.77. The van der Waals surface area contributed by atoms with Crippen molar-refractivity contribution in [3.63, 3.8) is 0 Å². The topological polar surface area (TPSA) is 56.5 Å². The lowest BCUT2D eigenvalue weighted by Crippen LogP contribution is -2.29. The quantitative estimate of drug-likeness (QED) is 0.512. The fraction of sp³-hybridized carbons (Fsp3) is 0.182. The fourth-order valence-corrected chi connectivity index (χ4v) is 4.56. The zero-order valence-corrected chi connectivity index (χ0v) is 15.9. The van der Waals surface area contributed by atoms with E-state index in [1.54, 1.807) is 6.07 Å². The van der Waals surface area contributed by atoms with Crippen molar-refractivity contribution in [3.05, 3.63) is 85.9 Å². The molecule has 134 valence electrons. The standard InChI is InChI=1S/C22H15BrO4/c23-14-8-3-1-6-12(14)18-19-15(24)9-5-11-17(19)26-21-13-7-2-4-10-16(13)27-22(25)20(18)21/h1-4,6-8,10,18H,5,9,11H2. The van der Waals surface area contributed by atoms with Crippen LogP contribution >= 0.6 is 15.9 Å². The number of para-hydroxylation sites is 1. The zero-order valence-electron chi connectivity index (χ0n) is 14.3. The van der Waals surface area contributed by atoms with Crippen LogP contribution in [0.5, 0.6) is 5.75 Å². The number of rotatable bonds is 1. The van der Waals surface area contributed by atoms with Crippen molar-refractivity contribution in [2.75, 3.05) is 0 Å². The minimum atomic E-state index is -0.493. The number of hydrogen-bond donors (Lipinski definition) is 0. The highest BCUT2D eigenvalue weighted by molar-refractivity contribution is 9.10. The third-order valence-corrected chi connectivity index (χ3v) is 5.95. The molecular formula is C22H15BrO4. The van der Waals surface area contributed by atoms with E-state index in [2.05, 4.69) is 15.9 Å². The van der Waals surface area contributed by atoms with Crippen molar-refractivity contribution >= 4 is 32.7 Å². The molecule has 2 heterocycles. The number of carbonyl (C=O) groups is 1. The van der Waals surface area contributed by atoms with Crippen LogP contribution in [0.25, 0.3) is 11.0 Å². The van der Waals surface area contributed by atoms with Gasteiger partial charge in [0.15, 0.2) is 5.78 Å². The van der Waals surface area contributed by atoms with Gasteiger partial charge in [-0.2, -0.15) is 0 Å². The molecule has 0 radical (unpaired) electrons. The number of halogens is 1. The van der Waals surface area contributed by atoms with Crippen LogP contribution in [0, 0.1) is 0 Å². The van der Waals surface area contributed by atoms with Crippen LogP contribution in [0.3, 0.4) is 0 Å². The van der Waals surface area contributed by atoms with Gasteiger partial charge in [-0.15, -0.1) is 0 Å². The molecule has 1 aliphatic heterocycles. The summed E-state index contributed by atoms with van der Waals surface area (Å²) in [6, 6.07) is 15.0. The number of hydrogen-bond acceptors (Lipinski definition) is 4. The minimum absolute atomic E-state index is 0.0372. The highest BCUT2D eigenvalue weighted by Crippen LogP contribution is 2.48. The summed E-state index contributed by atoms with van der Waals surface area (Å²) >= 11 is 3.59. The Bertz CT molecular complexity index is 1190. The predicted molar refractivity (Wildman–Crippen MR) is 105 cm³/mol. The van der Waals surface area contributed by atoms with Crippen LogP contribution in [0.4, 0.5) is 0 Å². The summed E-state index contributed by atoms with van der Waals surface area (Å²) in [5, 5.41) is 0.744. The van der Waals surface area contributed by atoms with Crippen molar-refractivity contribution in [2.24, 2.45) is 0 Å². The number of benzene rings is 2. The molecule has 0 saturated heterocycles. The summed E-state index contributed by atoms with van der Waals surface area (Å²) in [7, 11) is 0. The molecule has 3 aromatic rings. The van der Waals surface area contributed by atoms with E-state index in [9.17, 15) is 9.59 Å². The Hall–Kier alpha value is -2.66. The summed E-state index contributed by atoms with van der Waals surface area (Å²) in [5.74, 6) is 0.731. The summed E-state index contributed by atoms with van der Waals surface area (Å²) in [6.45, 7) is 0. The number of carbonyl (C=O) groups excluding carboxylic acids is 1. The molecule has 1 atom stereocenters.